The van der Waals surface area contributed by atoms with Gasteiger partial charge in [-0.3, -0.25) is 0 Å². The Morgan fingerprint density at radius 1 is 1.30 bits per heavy atom. The number of ether oxygens (including phenoxy) is 1. The maximum absolute atomic E-state index is 9.59. The van der Waals surface area contributed by atoms with E-state index in [1.165, 1.54) is 11.5 Å². The molecule has 0 unspecified atom stereocenters. The third-order valence-electron chi connectivity index (χ3n) is 4.13. The maximum atomic E-state index is 9.59. The zero-order chi connectivity index (χ0) is 20.2. The van der Waals surface area contributed by atoms with E-state index >= 15 is 0 Å². The van der Waals surface area contributed by atoms with Crippen LogP contribution in [0.25, 0.3) is 0 Å². The van der Waals surface area contributed by atoms with Crippen molar-refractivity contribution in [1.82, 2.24) is 9.27 Å². The van der Waals surface area contributed by atoms with Crippen molar-refractivity contribution in [1.29, 1.82) is 5.26 Å². The van der Waals surface area contributed by atoms with Crippen LogP contribution in [0.4, 0.5) is 5.69 Å². The van der Waals surface area contributed by atoms with Crippen LogP contribution in [-0.2, 0) is 6.42 Å². The Morgan fingerprint density at radius 3 is 2.59 bits per heavy atom. The number of aromatic nitrogens is 1. The summed E-state index contributed by atoms with van der Waals surface area (Å²) in [6.45, 7) is 13.4. The Morgan fingerprint density at radius 2 is 2.00 bits per heavy atom. The van der Waals surface area contributed by atoms with Crippen LogP contribution in [0.1, 0.15) is 50.1 Å². The molecular formula is C21H28N4OS. The van der Waals surface area contributed by atoms with E-state index in [2.05, 4.69) is 43.1 Å². The highest BCUT2D eigenvalue weighted by Crippen LogP contribution is 2.37. The zero-order valence-electron chi connectivity index (χ0n) is 17.3. The lowest BCUT2D eigenvalue weighted by molar-refractivity contribution is 0.406. The average molecular weight is 385 g/mol. The average Bonchev–Trinajstić information content (AvgIpc) is 2.95. The molecule has 0 saturated carbocycles. The van der Waals surface area contributed by atoms with Crippen LogP contribution in [0.15, 0.2) is 17.1 Å². The molecule has 0 saturated heterocycles. The summed E-state index contributed by atoms with van der Waals surface area (Å²) in [7, 11) is 1.99. The molecule has 6 heteroatoms. The van der Waals surface area contributed by atoms with Crippen molar-refractivity contribution in [3.8, 4) is 16.9 Å². The molecule has 1 heterocycles. The zero-order valence-corrected chi connectivity index (χ0v) is 18.1. The van der Waals surface area contributed by atoms with E-state index in [9.17, 15) is 5.26 Å². The highest BCUT2D eigenvalue weighted by molar-refractivity contribution is 7.08. The summed E-state index contributed by atoms with van der Waals surface area (Å²) in [5.74, 6) is 0.734. The number of aliphatic imine (C=N–C) groups is 1. The highest BCUT2D eigenvalue weighted by Gasteiger charge is 2.21. The van der Waals surface area contributed by atoms with E-state index in [4.69, 9.17) is 4.74 Å². The summed E-state index contributed by atoms with van der Waals surface area (Å²) in [5, 5.41) is 10.1. The molecule has 0 atom stereocenters. The fourth-order valence-electron chi connectivity index (χ4n) is 2.47. The van der Waals surface area contributed by atoms with Gasteiger partial charge in [-0.1, -0.05) is 20.8 Å². The summed E-state index contributed by atoms with van der Waals surface area (Å²) in [5.41, 5.74) is 4.32. The molecule has 0 amide bonds. The minimum absolute atomic E-state index is 0.0642. The van der Waals surface area contributed by atoms with Crippen molar-refractivity contribution in [2.45, 2.75) is 48.0 Å². The minimum atomic E-state index is 0.0642. The summed E-state index contributed by atoms with van der Waals surface area (Å²) in [6.07, 6.45) is 2.57. The van der Waals surface area contributed by atoms with E-state index in [0.717, 1.165) is 41.2 Å². The van der Waals surface area contributed by atoms with Gasteiger partial charge in [0.25, 0.3) is 0 Å². The standard InChI is InChI=1S/C21H28N4OS/c1-8-25(7)13-23-17-9-15(3)19(10-14(17)2)26-20-16(12-22)18(24-27-20)11-21(4,5)6/h9-10,13H,8,11H2,1-7H3. The first-order chi connectivity index (χ1) is 12.6. The van der Waals surface area contributed by atoms with Crippen LogP contribution in [0.2, 0.25) is 0 Å². The molecule has 0 radical (unpaired) electrons. The summed E-state index contributed by atoms with van der Waals surface area (Å²) >= 11 is 1.24. The predicted molar refractivity (Wildman–Crippen MR) is 112 cm³/mol. The van der Waals surface area contributed by atoms with Gasteiger partial charge in [-0.15, -0.1) is 0 Å². The highest BCUT2D eigenvalue weighted by atomic mass is 32.1. The summed E-state index contributed by atoms with van der Waals surface area (Å²) in [6, 6.07) is 6.24. The van der Waals surface area contributed by atoms with Crippen LogP contribution < -0.4 is 4.74 Å². The van der Waals surface area contributed by atoms with E-state index < -0.39 is 0 Å². The fourth-order valence-corrected chi connectivity index (χ4v) is 3.21. The fraction of sp³-hybridized carbons (Fsp3) is 0.476. The maximum Gasteiger partial charge on any atom is 0.218 e. The third kappa shape index (κ3) is 5.54. The first kappa shape index (κ1) is 20.9. The van der Waals surface area contributed by atoms with E-state index in [1.807, 2.05) is 44.3 Å². The molecule has 0 aliphatic carbocycles. The number of aryl methyl sites for hydroxylation is 2. The topological polar surface area (TPSA) is 61.5 Å². The van der Waals surface area contributed by atoms with Gasteiger partial charge >= 0.3 is 0 Å². The van der Waals surface area contributed by atoms with Gasteiger partial charge in [-0.2, -0.15) is 9.64 Å². The second kappa shape index (κ2) is 8.53. The van der Waals surface area contributed by atoms with Gasteiger partial charge in [-0.05, 0) is 55.9 Å². The number of rotatable bonds is 6. The molecule has 2 rings (SSSR count). The van der Waals surface area contributed by atoms with Gasteiger partial charge in [0.1, 0.15) is 17.4 Å². The first-order valence-electron chi connectivity index (χ1n) is 9.06. The molecule has 144 valence electrons. The monoisotopic (exact) mass is 384 g/mol. The SMILES string of the molecule is CCN(C)C=Nc1cc(C)c(Oc2snc(CC(C)(C)C)c2C#N)cc1C. The van der Waals surface area contributed by atoms with Gasteiger partial charge < -0.3 is 9.64 Å². The van der Waals surface area contributed by atoms with Crippen molar-refractivity contribution < 1.29 is 4.74 Å². The normalized spacial score (nSPS) is 11.6. The Hall–Kier alpha value is -2.39. The van der Waals surface area contributed by atoms with Gasteiger partial charge in [0.15, 0.2) is 0 Å². The number of nitriles is 1. The summed E-state index contributed by atoms with van der Waals surface area (Å²) in [4.78, 5) is 6.57. The molecular weight excluding hydrogens is 356 g/mol. The number of hydrogen-bond acceptors (Lipinski definition) is 5. The second-order valence-electron chi connectivity index (χ2n) is 7.97. The van der Waals surface area contributed by atoms with E-state index in [1.54, 1.807) is 0 Å². The van der Waals surface area contributed by atoms with Crippen molar-refractivity contribution in [2.75, 3.05) is 13.6 Å². The third-order valence-corrected chi connectivity index (χ3v) is 4.89. The lowest BCUT2D eigenvalue weighted by Crippen LogP contribution is -2.14. The van der Waals surface area contributed by atoms with Gasteiger partial charge in [0, 0.05) is 25.1 Å². The molecule has 0 aliphatic heterocycles. The summed E-state index contributed by atoms with van der Waals surface area (Å²) < 4.78 is 10.5. The van der Waals surface area contributed by atoms with Crippen molar-refractivity contribution in [3.05, 3.63) is 34.5 Å². The molecule has 5 nitrogen and oxygen atoms in total. The molecule has 0 bridgehead atoms. The number of nitrogens with zero attached hydrogens (tertiary/aromatic N) is 4. The van der Waals surface area contributed by atoms with Crippen LogP contribution in [0.3, 0.4) is 0 Å². The van der Waals surface area contributed by atoms with Crippen molar-refractivity contribution in [2.24, 2.45) is 10.4 Å². The van der Waals surface area contributed by atoms with Gasteiger partial charge in [-0.25, -0.2) is 4.99 Å². The molecule has 1 aromatic carbocycles. The molecule has 27 heavy (non-hydrogen) atoms. The molecule has 0 aliphatic rings. The van der Waals surface area contributed by atoms with Crippen LogP contribution in [0.5, 0.6) is 10.8 Å². The predicted octanol–water partition coefficient (Wildman–Crippen LogP) is 5.62. The lowest BCUT2D eigenvalue weighted by atomic mass is 9.89. The molecule has 0 fully saturated rings. The molecule has 1 aromatic heterocycles. The van der Waals surface area contributed by atoms with E-state index in [-0.39, 0.29) is 5.41 Å². The van der Waals surface area contributed by atoms with Gasteiger partial charge in [0.05, 0.1) is 17.7 Å². The van der Waals surface area contributed by atoms with Crippen molar-refractivity contribution >= 4 is 23.6 Å². The molecule has 2 aromatic rings. The van der Waals surface area contributed by atoms with Crippen molar-refractivity contribution in [3.63, 3.8) is 0 Å². The van der Waals surface area contributed by atoms with Crippen LogP contribution in [0, 0.1) is 30.6 Å². The Labute approximate surface area is 166 Å². The number of hydrogen-bond donors (Lipinski definition) is 0. The Kier molecular flexibility index (Phi) is 6.61. The van der Waals surface area contributed by atoms with Crippen LogP contribution in [-0.4, -0.2) is 29.2 Å². The number of benzene rings is 1. The van der Waals surface area contributed by atoms with Crippen LogP contribution >= 0.6 is 11.5 Å². The molecule has 0 N–H and O–H groups in total. The smallest absolute Gasteiger partial charge is 0.218 e. The Balaban J connectivity index is 2.30. The minimum Gasteiger partial charge on any atom is -0.443 e. The quantitative estimate of drug-likeness (QED) is 0.479. The lowest BCUT2D eigenvalue weighted by Gasteiger charge is -2.16. The van der Waals surface area contributed by atoms with Gasteiger partial charge in [0.2, 0.25) is 5.06 Å². The van der Waals surface area contributed by atoms with E-state index in [0.29, 0.717) is 10.6 Å². The largest absolute Gasteiger partial charge is 0.443 e. The molecule has 0 spiro atoms. The first-order valence-corrected chi connectivity index (χ1v) is 9.84. The Bertz CT molecular complexity index is 872. The second-order valence-corrected chi connectivity index (χ2v) is 8.70.